The lowest BCUT2D eigenvalue weighted by molar-refractivity contribution is 0.460. The molecule has 0 saturated carbocycles. The van der Waals surface area contributed by atoms with E-state index >= 15 is 0 Å². The minimum Gasteiger partial charge on any atom is -0.356 e. The van der Waals surface area contributed by atoms with Crippen molar-refractivity contribution in [1.29, 1.82) is 0 Å². The molecule has 0 aromatic carbocycles. The number of unbranched alkanes of at least 4 members (excludes halogenated alkanes) is 1. The monoisotopic (exact) mass is 333 g/mol. The Labute approximate surface area is 143 Å². The summed E-state index contributed by atoms with van der Waals surface area (Å²) in [7, 11) is 5.97. The van der Waals surface area contributed by atoms with Gasteiger partial charge < -0.3 is 14.8 Å². The Hall–Kier alpha value is -1.82. The largest absolute Gasteiger partial charge is 0.356 e. The van der Waals surface area contributed by atoms with E-state index in [1.807, 2.05) is 14.0 Å². The lowest BCUT2D eigenvalue weighted by Gasteiger charge is -2.22. The molecule has 0 aliphatic carbocycles. The molecule has 1 N–H and O–H groups in total. The van der Waals surface area contributed by atoms with Crippen LogP contribution in [0.3, 0.4) is 0 Å². The lowest BCUT2D eigenvalue weighted by atomic mass is 10.2. The van der Waals surface area contributed by atoms with Crippen LogP contribution in [0.2, 0.25) is 0 Å². The van der Waals surface area contributed by atoms with Crippen LogP contribution in [-0.4, -0.2) is 41.1 Å². The van der Waals surface area contributed by atoms with Gasteiger partial charge in [-0.2, -0.15) is 0 Å². The van der Waals surface area contributed by atoms with Gasteiger partial charge in [0.2, 0.25) is 0 Å². The topological polar surface area (TPSA) is 45.5 Å². The van der Waals surface area contributed by atoms with Crippen LogP contribution in [-0.2, 0) is 20.0 Å². The first-order valence-electron chi connectivity index (χ1n) is 8.03. The van der Waals surface area contributed by atoms with Crippen LogP contribution in [0.1, 0.15) is 29.2 Å². The van der Waals surface area contributed by atoms with Gasteiger partial charge in [0.05, 0.1) is 11.6 Å². The van der Waals surface area contributed by atoms with Crippen molar-refractivity contribution in [1.82, 2.24) is 19.8 Å². The van der Waals surface area contributed by atoms with Gasteiger partial charge in [-0.1, -0.05) is 0 Å². The maximum atomic E-state index is 4.50. The number of thiazole rings is 1. The first-order valence-corrected chi connectivity index (χ1v) is 8.91. The highest BCUT2D eigenvalue weighted by molar-refractivity contribution is 7.09. The van der Waals surface area contributed by atoms with Gasteiger partial charge in [-0.05, 0) is 38.3 Å². The second-order valence-corrected chi connectivity index (χ2v) is 6.72. The van der Waals surface area contributed by atoms with E-state index in [4.69, 9.17) is 0 Å². The molecule has 0 atom stereocenters. The third-order valence-electron chi connectivity index (χ3n) is 3.79. The average molecular weight is 334 g/mol. The number of nitrogens with zero attached hydrogens (tertiary/aromatic N) is 4. The summed E-state index contributed by atoms with van der Waals surface area (Å²) in [6.07, 6.45) is 5.41. The number of aryl methyl sites for hydroxylation is 3. The maximum absolute atomic E-state index is 4.50. The van der Waals surface area contributed by atoms with Crippen LogP contribution in [0.15, 0.2) is 28.7 Å². The zero-order valence-corrected chi connectivity index (χ0v) is 15.4. The Morgan fingerprint density at radius 3 is 2.87 bits per heavy atom. The molecule has 2 aromatic rings. The standard InChI is InChI=1S/C17H27N5S/c1-14-13-23-16(20-14)9-5-6-10-19-17(18-2)22(4)12-15-8-7-11-21(15)3/h7-8,11,13H,5-6,9-10,12H2,1-4H3,(H,18,19). The highest BCUT2D eigenvalue weighted by atomic mass is 32.1. The molecule has 0 spiro atoms. The molecule has 126 valence electrons. The van der Waals surface area contributed by atoms with Gasteiger partial charge in [0.25, 0.3) is 0 Å². The quantitative estimate of drug-likeness (QED) is 0.481. The van der Waals surface area contributed by atoms with Gasteiger partial charge in [0.1, 0.15) is 0 Å². The van der Waals surface area contributed by atoms with E-state index in [1.165, 1.54) is 10.7 Å². The Bertz CT molecular complexity index is 628. The molecule has 2 rings (SSSR count). The Balaban J connectivity index is 1.69. The third kappa shape index (κ3) is 5.39. The number of rotatable bonds is 7. The highest BCUT2D eigenvalue weighted by Crippen LogP contribution is 2.11. The molecule has 5 nitrogen and oxygen atoms in total. The van der Waals surface area contributed by atoms with Crippen molar-refractivity contribution in [2.75, 3.05) is 20.6 Å². The molecule has 0 amide bonds. The van der Waals surface area contributed by atoms with Gasteiger partial charge >= 0.3 is 0 Å². The van der Waals surface area contributed by atoms with Crippen molar-refractivity contribution in [3.05, 3.63) is 40.1 Å². The van der Waals surface area contributed by atoms with Crippen molar-refractivity contribution in [3.63, 3.8) is 0 Å². The van der Waals surface area contributed by atoms with Gasteiger partial charge in [0.15, 0.2) is 5.96 Å². The zero-order valence-electron chi connectivity index (χ0n) is 14.5. The second-order valence-electron chi connectivity index (χ2n) is 5.78. The van der Waals surface area contributed by atoms with Crippen molar-refractivity contribution in [3.8, 4) is 0 Å². The fraction of sp³-hybridized carbons (Fsp3) is 0.529. The van der Waals surface area contributed by atoms with Crippen molar-refractivity contribution < 1.29 is 0 Å². The summed E-state index contributed by atoms with van der Waals surface area (Å²) in [5.74, 6) is 0.941. The van der Waals surface area contributed by atoms with Crippen molar-refractivity contribution in [2.24, 2.45) is 12.0 Å². The van der Waals surface area contributed by atoms with E-state index in [2.05, 4.69) is 62.6 Å². The molecule has 0 radical (unpaired) electrons. The van der Waals surface area contributed by atoms with Crippen LogP contribution in [0.4, 0.5) is 0 Å². The summed E-state index contributed by atoms with van der Waals surface area (Å²) in [4.78, 5) is 11.0. The number of nitrogens with one attached hydrogen (secondary N) is 1. The fourth-order valence-electron chi connectivity index (χ4n) is 2.48. The number of aromatic nitrogens is 2. The molecular weight excluding hydrogens is 306 g/mol. The van der Waals surface area contributed by atoms with E-state index in [9.17, 15) is 0 Å². The van der Waals surface area contributed by atoms with E-state index in [0.717, 1.165) is 44.0 Å². The van der Waals surface area contributed by atoms with Crippen molar-refractivity contribution in [2.45, 2.75) is 32.7 Å². The summed E-state index contributed by atoms with van der Waals surface area (Å²) in [5, 5.41) is 6.80. The van der Waals surface area contributed by atoms with E-state index in [-0.39, 0.29) is 0 Å². The van der Waals surface area contributed by atoms with Crippen LogP contribution in [0.5, 0.6) is 0 Å². The summed E-state index contributed by atoms with van der Waals surface area (Å²) >= 11 is 1.76. The molecule has 6 heteroatoms. The molecule has 0 aliphatic rings. The van der Waals surface area contributed by atoms with Crippen LogP contribution < -0.4 is 5.32 Å². The van der Waals surface area contributed by atoms with Gasteiger partial charge in [0, 0.05) is 50.7 Å². The zero-order chi connectivity index (χ0) is 16.7. The molecule has 2 aromatic heterocycles. The van der Waals surface area contributed by atoms with Gasteiger partial charge in [-0.25, -0.2) is 4.98 Å². The van der Waals surface area contributed by atoms with E-state index < -0.39 is 0 Å². The molecule has 0 saturated heterocycles. The molecular formula is C17H27N5S. The SMILES string of the molecule is CN=C(NCCCCc1nc(C)cs1)N(C)Cc1cccn1C. The molecule has 0 fully saturated rings. The Morgan fingerprint density at radius 1 is 1.43 bits per heavy atom. The Morgan fingerprint density at radius 2 is 2.26 bits per heavy atom. The molecule has 23 heavy (non-hydrogen) atoms. The molecule has 0 aliphatic heterocycles. The fourth-order valence-corrected chi connectivity index (χ4v) is 3.30. The average Bonchev–Trinajstić information content (AvgIpc) is 3.12. The summed E-state index contributed by atoms with van der Waals surface area (Å²) in [5.41, 5.74) is 2.40. The predicted octanol–water partition coefficient (Wildman–Crippen LogP) is 2.82. The number of hydrogen-bond acceptors (Lipinski definition) is 3. The maximum Gasteiger partial charge on any atom is 0.193 e. The van der Waals surface area contributed by atoms with Crippen LogP contribution in [0, 0.1) is 6.92 Å². The summed E-state index contributed by atoms with van der Waals surface area (Å²) in [6.45, 7) is 3.84. The minimum absolute atomic E-state index is 0.849. The number of guanidine groups is 1. The third-order valence-corrected chi connectivity index (χ3v) is 4.82. The molecule has 0 unspecified atom stereocenters. The predicted molar refractivity (Wildman–Crippen MR) is 98.0 cm³/mol. The number of aliphatic imine (C=N–C) groups is 1. The normalized spacial score (nSPS) is 11.7. The first-order chi connectivity index (χ1) is 11.1. The van der Waals surface area contributed by atoms with Crippen LogP contribution >= 0.6 is 11.3 Å². The van der Waals surface area contributed by atoms with Gasteiger partial charge in [-0.3, -0.25) is 4.99 Å². The summed E-state index contributed by atoms with van der Waals surface area (Å²) < 4.78 is 2.14. The molecule has 2 heterocycles. The first kappa shape index (κ1) is 17.5. The highest BCUT2D eigenvalue weighted by Gasteiger charge is 2.08. The smallest absolute Gasteiger partial charge is 0.193 e. The van der Waals surface area contributed by atoms with Crippen LogP contribution in [0.25, 0.3) is 0 Å². The molecule has 0 bridgehead atoms. The van der Waals surface area contributed by atoms with E-state index in [1.54, 1.807) is 11.3 Å². The van der Waals surface area contributed by atoms with Gasteiger partial charge in [-0.15, -0.1) is 11.3 Å². The number of hydrogen-bond donors (Lipinski definition) is 1. The minimum atomic E-state index is 0.849. The van der Waals surface area contributed by atoms with Crippen molar-refractivity contribution >= 4 is 17.3 Å². The lowest BCUT2D eigenvalue weighted by Crippen LogP contribution is -2.39. The van der Waals surface area contributed by atoms with E-state index in [0.29, 0.717) is 0 Å². The second kappa shape index (κ2) is 8.72. The summed E-state index contributed by atoms with van der Waals surface area (Å²) in [6, 6.07) is 4.21. The Kier molecular flexibility index (Phi) is 6.65.